The molecule has 2 aromatic rings. The van der Waals surface area contributed by atoms with Crippen LogP contribution in [0.4, 0.5) is 10.1 Å². The van der Waals surface area contributed by atoms with Gasteiger partial charge in [0.25, 0.3) is 5.91 Å². The quantitative estimate of drug-likeness (QED) is 0.826. The second kappa shape index (κ2) is 8.21. The summed E-state index contributed by atoms with van der Waals surface area (Å²) in [6.07, 6.45) is -0.992. The third kappa shape index (κ3) is 4.89. The van der Waals surface area contributed by atoms with E-state index in [1.807, 2.05) is 6.07 Å². The summed E-state index contributed by atoms with van der Waals surface area (Å²) in [7, 11) is 1.56. The Morgan fingerprint density at radius 3 is 2.54 bits per heavy atom. The molecular formula is C18H18FNO4. The minimum absolute atomic E-state index is 0.339. The van der Waals surface area contributed by atoms with Gasteiger partial charge < -0.3 is 14.8 Å². The molecule has 0 aromatic heterocycles. The lowest BCUT2D eigenvalue weighted by Gasteiger charge is -2.14. The van der Waals surface area contributed by atoms with Gasteiger partial charge in [-0.2, -0.15) is 0 Å². The molecule has 0 unspecified atom stereocenters. The second-order valence-electron chi connectivity index (χ2n) is 5.18. The Morgan fingerprint density at radius 2 is 1.88 bits per heavy atom. The van der Waals surface area contributed by atoms with Gasteiger partial charge in [0.05, 0.1) is 12.2 Å². The Kier molecular flexibility index (Phi) is 6.03. The van der Waals surface area contributed by atoms with Crippen LogP contribution in [0.2, 0.25) is 0 Å². The number of nitrogens with one attached hydrogen (secondary N) is 1. The van der Waals surface area contributed by atoms with Crippen LogP contribution in [0.25, 0.3) is 0 Å². The van der Waals surface area contributed by atoms with Gasteiger partial charge in [-0.1, -0.05) is 12.1 Å². The van der Waals surface area contributed by atoms with Crippen molar-refractivity contribution in [3.63, 3.8) is 0 Å². The van der Waals surface area contributed by atoms with Gasteiger partial charge in [-0.3, -0.25) is 4.79 Å². The zero-order valence-electron chi connectivity index (χ0n) is 13.4. The highest BCUT2D eigenvalue weighted by atomic mass is 19.1. The van der Waals surface area contributed by atoms with Crippen molar-refractivity contribution in [1.29, 1.82) is 0 Å². The summed E-state index contributed by atoms with van der Waals surface area (Å²) in [4.78, 5) is 24.2. The van der Waals surface area contributed by atoms with Gasteiger partial charge in [0.2, 0.25) is 0 Å². The summed E-state index contributed by atoms with van der Waals surface area (Å²) in [6.45, 7) is 1.84. The predicted octanol–water partition coefficient (Wildman–Crippen LogP) is 3.16. The minimum atomic E-state index is -0.992. The average molecular weight is 331 g/mol. The first-order valence-corrected chi connectivity index (χ1v) is 7.35. The van der Waals surface area contributed by atoms with Crippen molar-refractivity contribution in [3.8, 4) is 0 Å². The Morgan fingerprint density at radius 1 is 1.17 bits per heavy atom. The molecule has 1 N–H and O–H groups in total. The summed E-state index contributed by atoms with van der Waals surface area (Å²) in [5.41, 5.74) is 1.59. The van der Waals surface area contributed by atoms with Gasteiger partial charge in [-0.05, 0) is 48.9 Å². The van der Waals surface area contributed by atoms with E-state index < -0.39 is 23.8 Å². The molecule has 5 nitrogen and oxygen atoms in total. The third-order valence-electron chi connectivity index (χ3n) is 3.24. The van der Waals surface area contributed by atoms with Crippen LogP contribution in [0.15, 0.2) is 48.5 Å². The van der Waals surface area contributed by atoms with Crippen molar-refractivity contribution < 1.29 is 23.5 Å². The first-order valence-electron chi connectivity index (χ1n) is 7.35. The van der Waals surface area contributed by atoms with Gasteiger partial charge in [-0.25, -0.2) is 9.18 Å². The molecule has 0 aliphatic rings. The number of benzene rings is 2. The fraction of sp³-hybridized carbons (Fsp3) is 0.222. The molecule has 1 amide bonds. The van der Waals surface area contributed by atoms with Crippen molar-refractivity contribution in [1.82, 2.24) is 0 Å². The lowest BCUT2D eigenvalue weighted by Crippen LogP contribution is -2.30. The maximum absolute atomic E-state index is 12.8. The second-order valence-corrected chi connectivity index (χ2v) is 5.18. The predicted molar refractivity (Wildman–Crippen MR) is 87.1 cm³/mol. The zero-order chi connectivity index (χ0) is 17.5. The number of methoxy groups -OCH3 is 1. The highest BCUT2D eigenvalue weighted by Gasteiger charge is 2.19. The molecule has 126 valence electrons. The number of carbonyl (C=O) groups excluding carboxylic acids is 2. The number of ether oxygens (including phenoxy) is 2. The molecule has 0 heterocycles. The van der Waals surface area contributed by atoms with Crippen LogP contribution in [0.5, 0.6) is 0 Å². The fourth-order valence-electron chi connectivity index (χ4n) is 2.01. The van der Waals surface area contributed by atoms with E-state index in [1.54, 1.807) is 25.3 Å². The standard InChI is InChI=1S/C18H18FNO4/c1-12(17(21)20-16-8-6-15(19)7-9-16)24-18(22)14-5-3-4-13(10-14)11-23-2/h3-10,12H,11H2,1-2H3,(H,20,21)/t12-/m0/s1. The van der Waals surface area contributed by atoms with Crippen molar-refractivity contribution in [2.24, 2.45) is 0 Å². The summed E-state index contributed by atoms with van der Waals surface area (Å²) in [6, 6.07) is 12.1. The Labute approximate surface area is 139 Å². The molecule has 0 bridgehead atoms. The number of carbonyl (C=O) groups is 2. The number of halogens is 1. The topological polar surface area (TPSA) is 64.6 Å². The van der Waals surface area contributed by atoms with E-state index in [1.165, 1.54) is 31.2 Å². The molecule has 1 atom stereocenters. The first-order chi connectivity index (χ1) is 11.5. The molecule has 0 saturated carbocycles. The molecule has 2 aromatic carbocycles. The molecule has 24 heavy (non-hydrogen) atoms. The van der Waals surface area contributed by atoms with E-state index in [2.05, 4.69) is 5.32 Å². The normalized spacial score (nSPS) is 11.6. The van der Waals surface area contributed by atoms with Crippen molar-refractivity contribution in [3.05, 3.63) is 65.5 Å². The van der Waals surface area contributed by atoms with Crippen molar-refractivity contribution in [2.45, 2.75) is 19.6 Å². The number of rotatable bonds is 6. The van der Waals surface area contributed by atoms with Crippen LogP contribution in [0, 0.1) is 5.82 Å². The summed E-state index contributed by atoms with van der Waals surface area (Å²) < 4.78 is 23.0. The van der Waals surface area contributed by atoms with Crippen LogP contribution in [-0.4, -0.2) is 25.1 Å². The van der Waals surface area contributed by atoms with Crippen molar-refractivity contribution >= 4 is 17.6 Å². The lowest BCUT2D eigenvalue weighted by molar-refractivity contribution is -0.123. The number of anilines is 1. The monoisotopic (exact) mass is 331 g/mol. The van der Waals surface area contributed by atoms with Crippen LogP contribution < -0.4 is 5.32 Å². The first kappa shape index (κ1) is 17.6. The Balaban J connectivity index is 1.96. The fourth-order valence-corrected chi connectivity index (χ4v) is 2.01. The molecule has 0 spiro atoms. The van der Waals surface area contributed by atoms with E-state index in [4.69, 9.17) is 9.47 Å². The molecule has 0 saturated heterocycles. The molecule has 0 fully saturated rings. The molecule has 6 heteroatoms. The van der Waals surface area contributed by atoms with Crippen LogP contribution in [0.3, 0.4) is 0 Å². The highest BCUT2D eigenvalue weighted by molar-refractivity contribution is 5.97. The van der Waals surface area contributed by atoms with Gasteiger partial charge in [0, 0.05) is 12.8 Å². The largest absolute Gasteiger partial charge is 0.449 e. The van der Waals surface area contributed by atoms with E-state index in [0.29, 0.717) is 17.9 Å². The van der Waals surface area contributed by atoms with Gasteiger partial charge in [0.1, 0.15) is 5.82 Å². The Hall–Kier alpha value is -2.73. The highest BCUT2D eigenvalue weighted by Crippen LogP contribution is 2.12. The van der Waals surface area contributed by atoms with Crippen LogP contribution in [-0.2, 0) is 20.9 Å². The van der Waals surface area contributed by atoms with Crippen LogP contribution in [0.1, 0.15) is 22.8 Å². The summed E-state index contributed by atoms with van der Waals surface area (Å²) in [5.74, 6) is -1.50. The Bertz CT molecular complexity index is 715. The van der Waals surface area contributed by atoms with Gasteiger partial charge in [0.15, 0.2) is 6.10 Å². The number of hydrogen-bond acceptors (Lipinski definition) is 4. The SMILES string of the molecule is COCc1cccc(C(=O)O[C@@H](C)C(=O)Nc2ccc(F)cc2)c1. The lowest BCUT2D eigenvalue weighted by atomic mass is 10.1. The molecule has 0 aliphatic carbocycles. The minimum Gasteiger partial charge on any atom is -0.449 e. The average Bonchev–Trinajstić information content (AvgIpc) is 2.57. The van der Waals surface area contributed by atoms with Crippen LogP contribution >= 0.6 is 0 Å². The maximum atomic E-state index is 12.8. The summed E-state index contributed by atoms with van der Waals surface area (Å²) >= 11 is 0. The van der Waals surface area contributed by atoms with E-state index in [-0.39, 0.29) is 0 Å². The molecule has 2 rings (SSSR count). The van der Waals surface area contributed by atoms with E-state index in [9.17, 15) is 14.0 Å². The maximum Gasteiger partial charge on any atom is 0.338 e. The summed E-state index contributed by atoms with van der Waals surface area (Å²) in [5, 5.41) is 2.55. The van der Waals surface area contributed by atoms with E-state index >= 15 is 0 Å². The molecule has 0 radical (unpaired) electrons. The zero-order valence-corrected chi connectivity index (χ0v) is 13.4. The number of amides is 1. The molecular weight excluding hydrogens is 313 g/mol. The van der Waals surface area contributed by atoms with Gasteiger partial charge in [-0.15, -0.1) is 0 Å². The van der Waals surface area contributed by atoms with Gasteiger partial charge >= 0.3 is 5.97 Å². The van der Waals surface area contributed by atoms with E-state index in [0.717, 1.165) is 5.56 Å². The smallest absolute Gasteiger partial charge is 0.338 e. The van der Waals surface area contributed by atoms with Crippen molar-refractivity contribution in [2.75, 3.05) is 12.4 Å². The molecule has 0 aliphatic heterocycles. The number of hydrogen-bond donors (Lipinski definition) is 1. The number of esters is 1. The third-order valence-corrected chi connectivity index (χ3v) is 3.24.